The zero-order valence-electron chi connectivity index (χ0n) is 16.6. The Hall–Kier alpha value is -3.34. The van der Waals surface area contributed by atoms with Crippen LogP contribution < -0.4 is 10.3 Å². The molecule has 3 aromatic rings. The number of benzene rings is 2. The fourth-order valence-electron chi connectivity index (χ4n) is 3.22. The maximum Gasteiger partial charge on any atom is 0.333 e. The van der Waals surface area contributed by atoms with Crippen LogP contribution in [0.5, 0.6) is 5.75 Å². The Bertz CT molecular complexity index is 1050. The van der Waals surface area contributed by atoms with Gasteiger partial charge in [0.1, 0.15) is 5.75 Å². The number of ether oxygens (including phenoxy) is 2. The van der Waals surface area contributed by atoms with Crippen LogP contribution in [0.2, 0.25) is 0 Å². The Balaban J connectivity index is 1.89. The molecule has 0 N–H and O–H groups in total. The van der Waals surface area contributed by atoms with Crippen molar-refractivity contribution in [2.75, 3.05) is 6.79 Å². The fraction of sp³-hybridized carbons (Fsp3) is 0.250. The van der Waals surface area contributed by atoms with E-state index in [9.17, 15) is 9.59 Å². The number of hydrogen-bond donors (Lipinski definition) is 0. The highest BCUT2D eigenvalue weighted by Crippen LogP contribution is 2.24. The number of aryl methyl sites for hydroxylation is 1. The second-order valence-corrected chi connectivity index (χ2v) is 6.73. The van der Waals surface area contributed by atoms with Crippen molar-refractivity contribution in [1.82, 2.24) is 4.57 Å². The highest BCUT2D eigenvalue weighted by Gasteiger charge is 2.11. The third-order valence-corrected chi connectivity index (χ3v) is 4.75. The van der Waals surface area contributed by atoms with Gasteiger partial charge < -0.3 is 14.0 Å². The largest absolute Gasteiger partial charge is 0.457 e. The average Bonchev–Trinajstić information content (AvgIpc) is 2.75. The minimum Gasteiger partial charge on any atom is -0.457 e. The third-order valence-electron chi connectivity index (χ3n) is 4.75. The molecular formula is C24H25NO4. The van der Waals surface area contributed by atoms with Crippen molar-refractivity contribution >= 4 is 16.9 Å². The van der Waals surface area contributed by atoms with Crippen molar-refractivity contribution < 1.29 is 14.3 Å². The minimum absolute atomic E-state index is 0.00776. The lowest BCUT2D eigenvalue weighted by Gasteiger charge is -2.13. The number of pyridine rings is 1. The van der Waals surface area contributed by atoms with Crippen molar-refractivity contribution in [3.63, 3.8) is 0 Å². The van der Waals surface area contributed by atoms with Crippen LogP contribution in [-0.2, 0) is 16.1 Å². The quantitative estimate of drug-likeness (QED) is 0.225. The molecule has 0 amide bonds. The van der Waals surface area contributed by atoms with Gasteiger partial charge in [0.15, 0.2) is 0 Å². The molecule has 0 spiro atoms. The molecule has 0 unspecified atom stereocenters. The number of para-hydroxylation sites is 1. The first-order valence-electron chi connectivity index (χ1n) is 9.79. The van der Waals surface area contributed by atoms with E-state index in [4.69, 9.17) is 9.47 Å². The SMILES string of the molecule is C=CC(=O)OCOc1ccc(-c2cc3ccccc3n(CCCCC)c2=O)cc1. The molecule has 0 fully saturated rings. The van der Waals surface area contributed by atoms with Gasteiger partial charge in [-0.2, -0.15) is 0 Å². The van der Waals surface area contributed by atoms with Crippen LogP contribution in [0, 0.1) is 0 Å². The first-order valence-corrected chi connectivity index (χ1v) is 9.79. The molecule has 0 saturated heterocycles. The highest BCUT2D eigenvalue weighted by atomic mass is 16.7. The Morgan fingerprint density at radius 1 is 1.10 bits per heavy atom. The maximum absolute atomic E-state index is 13.2. The standard InChI is InChI=1S/C24H25NO4/c1-3-5-8-15-25-22-10-7-6-9-19(22)16-21(24(25)27)18-11-13-20(14-12-18)28-17-29-23(26)4-2/h4,6-7,9-14,16H,2-3,5,8,15,17H2,1H3. The molecule has 1 aromatic heterocycles. The van der Waals surface area contributed by atoms with Gasteiger partial charge >= 0.3 is 5.97 Å². The molecule has 150 valence electrons. The van der Waals surface area contributed by atoms with Gasteiger partial charge in [-0.3, -0.25) is 4.79 Å². The van der Waals surface area contributed by atoms with E-state index >= 15 is 0 Å². The molecule has 0 saturated carbocycles. The van der Waals surface area contributed by atoms with Crippen molar-refractivity contribution in [1.29, 1.82) is 0 Å². The van der Waals surface area contributed by atoms with E-state index in [1.807, 2.05) is 47.0 Å². The van der Waals surface area contributed by atoms with E-state index in [-0.39, 0.29) is 12.4 Å². The van der Waals surface area contributed by atoms with Gasteiger partial charge in [-0.1, -0.05) is 56.7 Å². The summed E-state index contributed by atoms with van der Waals surface area (Å²) in [4.78, 5) is 24.3. The van der Waals surface area contributed by atoms with Gasteiger partial charge in [0, 0.05) is 18.2 Å². The molecule has 0 radical (unpaired) electrons. The van der Waals surface area contributed by atoms with Crippen LogP contribution in [0.3, 0.4) is 0 Å². The molecule has 2 aromatic carbocycles. The second kappa shape index (κ2) is 9.73. The van der Waals surface area contributed by atoms with Crippen LogP contribution in [-0.4, -0.2) is 17.3 Å². The van der Waals surface area contributed by atoms with E-state index in [2.05, 4.69) is 13.5 Å². The lowest BCUT2D eigenvalue weighted by atomic mass is 10.0. The number of carbonyl (C=O) groups is 1. The molecule has 0 bridgehead atoms. The summed E-state index contributed by atoms with van der Waals surface area (Å²) in [6.45, 7) is 6.00. The zero-order chi connectivity index (χ0) is 20.6. The number of fused-ring (bicyclic) bond motifs is 1. The van der Waals surface area contributed by atoms with E-state index in [1.54, 1.807) is 12.1 Å². The number of nitrogens with zero attached hydrogens (tertiary/aromatic N) is 1. The summed E-state index contributed by atoms with van der Waals surface area (Å²) >= 11 is 0. The third kappa shape index (κ3) is 4.93. The van der Waals surface area contributed by atoms with Crippen LogP contribution >= 0.6 is 0 Å². The number of aromatic nitrogens is 1. The van der Waals surface area contributed by atoms with Crippen molar-refractivity contribution in [2.45, 2.75) is 32.7 Å². The molecule has 29 heavy (non-hydrogen) atoms. The molecular weight excluding hydrogens is 366 g/mol. The highest BCUT2D eigenvalue weighted by molar-refractivity contribution is 5.84. The van der Waals surface area contributed by atoms with Gasteiger partial charge in [-0.15, -0.1) is 0 Å². The Morgan fingerprint density at radius 2 is 1.86 bits per heavy atom. The number of unbranched alkanes of at least 4 members (excludes halogenated alkanes) is 2. The topological polar surface area (TPSA) is 57.5 Å². The lowest BCUT2D eigenvalue weighted by molar-refractivity contribution is -0.144. The number of esters is 1. The second-order valence-electron chi connectivity index (χ2n) is 6.73. The number of rotatable bonds is 9. The minimum atomic E-state index is -0.540. The predicted molar refractivity (Wildman–Crippen MR) is 115 cm³/mol. The summed E-state index contributed by atoms with van der Waals surface area (Å²) in [6, 6.07) is 17.1. The van der Waals surface area contributed by atoms with Crippen molar-refractivity contribution in [3.8, 4) is 16.9 Å². The summed E-state index contributed by atoms with van der Waals surface area (Å²) in [6.07, 6.45) is 4.25. The average molecular weight is 391 g/mol. The van der Waals surface area contributed by atoms with Crippen molar-refractivity contribution in [3.05, 3.63) is 77.6 Å². The van der Waals surface area contributed by atoms with Gasteiger partial charge in [0.25, 0.3) is 5.56 Å². The van der Waals surface area contributed by atoms with Crippen molar-refractivity contribution in [2.24, 2.45) is 0 Å². The summed E-state index contributed by atoms with van der Waals surface area (Å²) in [5, 5.41) is 1.04. The Morgan fingerprint density at radius 3 is 2.59 bits per heavy atom. The van der Waals surface area contributed by atoms with E-state index < -0.39 is 5.97 Å². The van der Waals surface area contributed by atoms with Crippen LogP contribution in [0.1, 0.15) is 26.2 Å². The summed E-state index contributed by atoms with van der Waals surface area (Å²) < 4.78 is 12.1. The normalized spacial score (nSPS) is 10.7. The van der Waals surface area contributed by atoms with Gasteiger partial charge in [0.2, 0.25) is 6.79 Å². The molecule has 5 nitrogen and oxygen atoms in total. The summed E-state index contributed by atoms with van der Waals surface area (Å²) in [5.74, 6) is 0.0103. The van der Waals surface area contributed by atoms with E-state index in [1.165, 1.54) is 0 Å². The zero-order valence-corrected chi connectivity index (χ0v) is 16.6. The maximum atomic E-state index is 13.2. The Labute approximate surface area is 170 Å². The molecule has 5 heteroatoms. The van der Waals surface area contributed by atoms with Gasteiger partial charge in [-0.25, -0.2) is 4.79 Å². The van der Waals surface area contributed by atoms with Crippen LogP contribution in [0.15, 0.2) is 72.0 Å². The molecule has 0 aliphatic carbocycles. The van der Waals surface area contributed by atoms with Crippen LogP contribution in [0.4, 0.5) is 0 Å². The fourth-order valence-corrected chi connectivity index (χ4v) is 3.22. The Kier molecular flexibility index (Phi) is 6.85. The summed E-state index contributed by atoms with van der Waals surface area (Å²) in [7, 11) is 0. The molecule has 0 aliphatic heterocycles. The van der Waals surface area contributed by atoms with Gasteiger partial charge in [-0.05, 0) is 41.6 Å². The number of carbonyl (C=O) groups excluding carboxylic acids is 1. The number of hydrogen-bond acceptors (Lipinski definition) is 4. The molecule has 0 atom stereocenters. The summed E-state index contributed by atoms with van der Waals surface area (Å²) in [5.41, 5.74) is 2.44. The molecule has 1 heterocycles. The monoisotopic (exact) mass is 391 g/mol. The molecule has 0 aliphatic rings. The van der Waals surface area contributed by atoms with Gasteiger partial charge in [0.05, 0.1) is 5.52 Å². The van der Waals surface area contributed by atoms with E-state index in [0.717, 1.165) is 41.8 Å². The predicted octanol–water partition coefficient (Wildman–Crippen LogP) is 4.92. The first kappa shape index (κ1) is 20.4. The lowest BCUT2D eigenvalue weighted by Crippen LogP contribution is -2.22. The first-order chi connectivity index (χ1) is 14.1. The molecule has 3 rings (SSSR count). The smallest absolute Gasteiger partial charge is 0.333 e. The van der Waals surface area contributed by atoms with Crippen LogP contribution in [0.25, 0.3) is 22.0 Å². The van der Waals surface area contributed by atoms with E-state index in [0.29, 0.717) is 17.9 Å².